The fraction of sp³-hybridized carbons (Fsp3) is 0.400. The number of pyridine rings is 1. The summed E-state index contributed by atoms with van der Waals surface area (Å²) in [4.78, 5) is 22.6. The molecular formula is C30H30N4O3S. The molecule has 1 saturated carbocycles. The fourth-order valence-corrected chi connectivity index (χ4v) is 7.42. The van der Waals surface area contributed by atoms with E-state index >= 15 is 0 Å². The SMILES string of the molecule is CC1=C(c2c(-c3c(C)cccc3C)noc2C2CC2)CC12CCN(c1nc3ncc(C(=O)O)cc3s1)CC2. The molecule has 1 N–H and O–H groups in total. The van der Waals surface area contributed by atoms with E-state index in [2.05, 4.69) is 54.0 Å². The molecule has 1 aliphatic heterocycles. The van der Waals surface area contributed by atoms with Crippen LogP contribution >= 0.6 is 11.3 Å². The van der Waals surface area contributed by atoms with Gasteiger partial charge in [0.05, 0.1) is 10.3 Å². The zero-order chi connectivity index (χ0) is 26.2. The molecule has 0 atom stereocenters. The number of aromatic nitrogens is 3. The van der Waals surface area contributed by atoms with Crippen molar-refractivity contribution in [3.63, 3.8) is 0 Å². The molecule has 2 aliphatic carbocycles. The van der Waals surface area contributed by atoms with Crippen LogP contribution in [0.15, 0.2) is 40.6 Å². The van der Waals surface area contributed by atoms with E-state index in [0.717, 1.165) is 53.6 Å². The lowest BCUT2D eigenvalue weighted by molar-refractivity contribution is 0.0696. The summed E-state index contributed by atoms with van der Waals surface area (Å²) in [6.45, 7) is 8.51. The van der Waals surface area contributed by atoms with Gasteiger partial charge >= 0.3 is 5.97 Å². The molecule has 1 aromatic carbocycles. The number of benzene rings is 1. The summed E-state index contributed by atoms with van der Waals surface area (Å²) in [7, 11) is 0. The Labute approximate surface area is 225 Å². The largest absolute Gasteiger partial charge is 0.478 e. The molecule has 3 aliphatic rings. The highest BCUT2D eigenvalue weighted by Gasteiger charge is 2.48. The van der Waals surface area contributed by atoms with Gasteiger partial charge in [0.15, 0.2) is 10.8 Å². The van der Waals surface area contributed by atoms with Gasteiger partial charge in [0.1, 0.15) is 11.5 Å². The Morgan fingerprint density at radius 2 is 1.87 bits per heavy atom. The summed E-state index contributed by atoms with van der Waals surface area (Å²) in [6, 6.07) is 8.11. The number of nitrogens with zero attached hydrogens (tertiary/aromatic N) is 4. The number of allylic oxidation sites excluding steroid dienone is 2. The lowest BCUT2D eigenvalue weighted by Crippen LogP contribution is -2.44. The summed E-state index contributed by atoms with van der Waals surface area (Å²) in [5.74, 6) is 0.631. The predicted molar refractivity (Wildman–Crippen MR) is 149 cm³/mol. The first-order valence-electron chi connectivity index (χ1n) is 13.4. The van der Waals surface area contributed by atoms with Crippen LogP contribution in [0.5, 0.6) is 0 Å². The Morgan fingerprint density at radius 1 is 1.13 bits per heavy atom. The molecule has 4 aromatic rings. The van der Waals surface area contributed by atoms with Crippen LogP contribution in [0.25, 0.3) is 27.2 Å². The Kier molecular flexibility index (Phi) is 5.27. The van der Waals surface area contributed by atoms with Gasteiger partial charge in [0, 0.05) is 36.3 Å². The van der Waals surface area contributed by atoms with Gasteiger partial charge in [-0.15, -0.1) is 0 Å². The number of thiazole rings is 1. The lowest BCUT2D eigenvalue weighted by Gasteiger charge is -2.50. The van der Waals surface area contributed by atoms with Crippen LogP contribution in [0.1, 0.15) is 77.8 Å². The highest BCUT2D eigenvalue weighted by atomic mass is 32.1. The molecule has 194 valence electrons. The second kappa shape index (κ2) is 8.50. The van der Waals surface area contributed by atoms with Gasteiger partial charge in [0.2, 0.25) is 0 Å². The van der Waals surface area contributed by atoms with Gasteiger partial charge < -0.3 is 14.5 Å². The minimum atomic E-state index is -0.962. The summed E-state index contributed by atoms with van der Waals surface area (Å²) in [5, 5.41) is 14.9. The summed E-state index contributed by atoms with van der Waals surface area (Å²) >= 11 is 1.53. The first kappa shape index (κ1) is 23.6. The zero-order valence-electron chi connectivity index (χ0n) is 21.9. The van der Waals surface area contributed by atoms with Crippen LogP contribution in [-0.2, 0) is 0 Å². The maximum atomic E-state index is 11.3. The number of aryl methyl sites for hydroxylation is 2. The molecule has 1 spiro atoms. The quantitative estimate of drug-likeness (QED) is 0.299. The predicted octanol–water partition coefficient (Wildman–Crippen LogP) is 7.00. The number of rotatable bonds is 5. The molecular weight excluding hydrogens is 496 g/mol. The number of hydrogen-bond acceptors (Lipinski definition) is 7. The van der Waals surface area contributed by atoms with Crippen LogP contribution in [0.2, 0.25) is 0 Å². The average Bonchev–Trinajstić information content (AvgIpc) is 3.53. The van der Waals surface area contributed by atoms with Gasteiger partial charge in [-0.2, -0.15) is 4.98 Å². The zero-order valence-corrected chi connectivity index (χ0v) is 22.7. The molecule has 38 heavy (non-hydrogen) atoms. The molecule has 8 heteroatoms. The molecule has 1 saturated heterocycles. The molecule has 0 unspecified atom stereocenters. The first-order valence-corrected chi connectivity index (χ1v) is 14.2. The maximum absolute atomic E-state index is 11.3. The van der Waals surface area contributed by atoms with Crippen LogP contribution in [0.4, 0.5) is 5.13 Å². The Hall–Kier alpha value is -3.52. The van der Waals surface area contributed by atoms with Crippen molar-refractivity contribution in [2.75, 3.05) is 18.0 Å². The van der Waals surface area contributed by atoms with Gasteiger partial charge in [-0.05, 0) is 81.1 Å². The van der Waals surface area contributed by atoms with Crippen molar-refractivity contribution in [2.45, 2.75) is 58.8 Å². The van der Waals surface area contributed by atoms with Gasteiger partial charge in [-0.25, -0.2) is 9.78 Å². The van der Waals surface area contributed by atoms with Crippen LogP contribution in [-0.4, -0.2) is 39.3 Å². The molecule has 7 rings (SSSR count). The average molecular weight is 527 g/mol. The number of aromatic carboxylic acids is 1. The summed E-state index contributed by atoms with van der Waals surface area (Å²) in [5.41, 5.74) is 9.94. The van der Waals surface area contributed by atoms with E-state index in [4.69, 9.17) is 9.51 Å². The second-order valence-electron chi connectivity index (χ2n) is 11.2. The number of carbonyl (C=O) groups is 1. The number of anilines is 1. The Balaban J connectivity index is 1.17. The summed E-state index contributed by atoms with van der Waals surface area (Å²) in [6.07, 6.45) is 6.98. The van der Waals surface area contributed by atoms with E-state index in [-0.39, 0.29) is 11.0 Å². The van der Waals surface area contributed by atoms with Crippen molar-refractivity contribution >= 4 is 38.4 Å². The third-order valence-corrected chi connectivity index (χ3v) is 9.98. The standard InChI is InChI=1S/C30H30N4O3S/c1-16-5-4-6-17(2)23(16)25-24(26(37-33-25)19-7-8-19)21-14-30(18(21)3)9-11-34(12-10-30)29-32-27-22(38-29)13-20(15-31-27)28(35)36/h4-6,13,15,19H,7-12,14H2,1-3H3,(H,35,36). The van der Waals surface area contributed by atoms with Crippen LogP contribution in [0.3, 0.4) is 0 Å². The number of fused-ring (bicyclic) bond motifs is 1. The molecule has 4 heterocycles. The van der Waals surface area contributed by atoms with Crippen LogP contribution < -0.4 is 4.90 Å². The Bertz CT molecular complexity index is 1620. The molecule has 2 fully saturated rings. The molecule has 0 amide bonds. The van der Waals surface area contributed by atoms with E-state index in [1.165, 1.54) is 63.8 Å². The monoisotopic (exact) mass is 526 g/mol. The van der Waals surface area contributed by atoms with Crippen LogP contribution in [0, 0.1) is 19.3 Å². The Morgan fingerprint density at radius 3 is 2.53 bits per heavy atom. The third-order valence-electron chi connectivity index (χ3n) is 8.92. The third kappa shape index (κ3) is 3.61. The number of carboxylic acid groups (broad SMARTS) is 1. The molecule has 0 radical (unpaired) electrons. The number of piperidine rings is 1. The molecule has 0 bridgehead atoms. The van der Waals surface area contributed by atoms with Crippen molar-refractivity contribution in [2.24, 2.45) is 5.41 Å². The van der Waals surface area contributed by atoms with Crippen molar-refractivity contribution < 1.29 is 14.4 Å². The molecule has 3 aromatic heterocycles. The van der Waals surface area contributed by atoms with E-state index in [0.29, 0.717) is 11.6 Å². The fourth-order valence-electron chi connectivity index (χ4n) is 6.41. The smallest absolute Gasteiger partial charge is 0.337 e. The maximum Gasteiger partial charge on any atom is 0.337 e. The van der Waals surface area contributed by atoms with Crippen molar-refractivity contribution in [1.82, 2.24) is 15.1 Å². The van der Waals surface area contributed by atoms with Gasteiger partial charge in [0.25, 0.3) is 0 Å². The van der Waals surface area contributed by atoms with E-state index in [9.17, 15) is 9.90 Å². The summed E-state index contributed by atoms with van der Waals surface area (Å²) < 4.78 is 6.87. The second-order valence-corrected chi connectivity index (χ2v) is 12.2. The van der Waals surface area contributed by atoms with Crippen molar-refractivity contribution in [3.8, 4) is 11.3 Å². The van der Waals surface area contributed by atoms with E-state index < -0.39 is 5.97 Å². The minimum absolute atomic E-state index is 0.201. The highest BCUT2D eigenvalue weighted by molar-refractivity contribution is 7.22. The van der Waals surface area contributed by atoms with E-state index in [1.807, 2.05) is 0 Å². The van der Waals surface area contributed by atoms with Crippen molar-refractivity contribution in [1.29, 1.82) is 0 Å². The van der Waals surface area contributed by atoms with E-state index in [1.54, 1.807) is 6.07 Å². The van der Waals surface area contributed by atoms with Gasteiger partial charge in [-0.3, -0.25) is 0 Å². The van der Waals surface area contributed by atoms with Crippen molar-refractivity contribution in [3.05, 3.63) is 64.0 Å². The van der Waals surface area contributed by atoms with Gasteiger partial charge in [-0.1, -0.05) is 40.3 Å². The number of hydrogen-bond donors (Lipinski definition) is 1. The number of carboxylic acids is 1. The normalized spacial score (nSPS) is 18.9. The highest BCUT2D eigenvalue weighted by Crippen LogP contribution is 2.60. The topological polar surface area (TPSA) is 92.4 Å². The molecule has 7 nitrogen and oxygen atoms in total. The minimum Gasteiger partial charge on any atom is -0.478 e. The lowest BCUT2D eigenvalue weighted by atomic mass is 9.58. The first-order chi connectivity index (χ1) is 18.3.